The maximum Gasteiger partial charge on any atom is 0.307 e. The van der Waals surface area contributed by atoms with Crippen LogP contribution in [0.3, 0.4) is 0 Å². The Balaban J connectivity index is 2.42. The maximum absolute atomic E-state index is 10.9. The van der Waals surface area contributed by atoms with Crippen molar-refractivity contribution in [3.05, 3.63) is 0 Å². The van der Waals surface area contributed by atoms with Crippen molar-refractivity contribution >= 4 is 5.97 Å². The van der Waals surface area contributed by atoms with E-state index in [1.54, 1.807) is 0 Å². The minimum Gasteiger partial charge on any atom is -0.481 e. The van der Waals surface area contributed by atoms with Crippen molar-refractivity contribution in [1.29, 1.82) is 0 Å². The fourth-order valence-electron chi connectivity index (χ4n) is 2.46. The molecule has 1 aliphatic carbocycles. The summed E-state index contributed by atoms with van der Waals surface area (Å²) in [4.78, 5) is 10.9. The van der Waals surface area contributed by atoms with Crippen LogP contribution in [0.15, 0.2) is 0 Å². The minimum absolute atomic E-state index is 0.0146. The van der Waals surface area contributed by atoms with Crippen molar-refractivity contribution in [2.75, 3.05) is 0 Å². The van der Waals surface area contributed by atoms with E-state index in [1.165, 1.54) is 12.8 Å². The molecule has 1 saturated carbocycles. The quantitative estimate of drug-likeness (QED) is 0.753. The first-order chi connectivity index (χ1) is 6.35. The summed E-state index contributed by atoms with van der Waals surface area (Å²) >= 11 is 0. The molecule has 0 heterocycles. The van der Waals surface area contributed by atoms with Crippen LogP contribution in [0.1, 0.15) is 47.0 Å². The van der Waals surface area contributed by atoms with E-state index >= 15 is 0 Å². The van der Waals surface area contributed by atoms with Gasteiger partial charge < -0.3 is 5.11 Å². The highest BCUT2D eigenvalue weighted by Crippen LogP contribution is 2.53. The Hall–Kier alpha value is -0.530. The van der Waals surface area contributed by atoms with Gasteiger partial charge in [-0.2, -0.15) is 0 Å². The molecule has 1 aliphatic rings. The molecule has 0 bridgehead atoms. The Morgan fingerprint density at radius 1 is 1.50 bits per heavy atom. The third-order valence-corrected chi connectivity index (χ3v) is 3.86. The van der Waals surface area contributed by atoms with E-state index in [0.717, 1.165) is 12.3 Å². The molecule has 2 heteroatoms. The molecule has 0 aromatic heterocycles. The SMILES string of the molecule is CC(C)CCC1CC(C(=O)O)C1(C)C. The van der Waals surface area contributed by atoms with Crippen molar-refractivity contribution in [2.45, 2.75) is 47.0 Å². The van der Waals surface area contributed by atoms with Gasteiger partial charge in [-0.3, -0.25) is 4.79 Å². The molecular formula is C12H22O2. The summed E-state index contributed by atoms with van der Waals surface area (Å²) in [6.07, 6.45) is 3.30. The molecule has 82 valence electrons. The van der Waals surface area contributed by atoms with Crippen LogP contribution in [0.5, 0.6) is 0 Å². The average molecular weight is 198 g/mol. The molecule has 0 saturated heterocycles. The Labute approximate surface area is 86.7 Å². The zero-order chi connectivity index (χ0) is 10.9. The van der Waals surface area contributed by atoms with Crippen LogP contribution in [0.2, 0.25) is 0 Å². The van der Waals surface area contributed by atoms with E-state index in [1.807, 2.05) is 0 Å². The molecule has 0 radical (unpaired) electrons. The molecule has 1 N–H and O–H groups in total. The first-order valence-corrected chi connectivity index (χ1v) is 5.58. The van der Waals surface area contributed by atoms with E-state index in [0.29, 0.717) is 5.92 Å². The highest BCUT2D eigenvalue weighted by molar-refractivity contribution is 5.72. The van der Waals surface area contributed by atoms with Gasteiger partial charge in [-0.15, -0.1) is 0 Å². The molecule has 14 heavy (non-hydrogen) atoms. The highest BCUT2D eigenvalue weighted by Gasteiger charge is 2.51. The Kier molecular flexibility index (Phi) is 3.23. The van der Waals surface area contributed by atoms with Crippen LogP contribution in [-0.4, -0.2) is 11.1 Å². The second-order valence-corrected chi connectivity index (χ2v) is 5.62. The van der Waals surface area contributed by atoms with Gasteiger partial charge in [-0.25, -0.2) is 0 Å². The van der Waals surface area contributed by atoms with Crippen molar-refractivity contribution in [2.24, 2.45) is 23.2 Å². The summed E-state index contributed by atoms with van der Waals surface area (Å²) in [7, 11) is 0. The Bertz CT molecular complexity index is 218. The van der Waals surface area contributed by atoms with Gasteiger partial charge >= 0.3 is 5.97 Å². The van der Waals surface area contributed by atoms with E-state index < -0.39 is 5.97 Å². The molecule has 0 aromatic carbocycles. The van der Waals surface area contributed by atoms with Gasteiger partial charge in [0.25, 0.3) is 0 Å². The monoisotopic (exact) mass is 198 g/mol. The van der Waals surface area contributed by atoms with E-state index in [2.05, 4.69) is 27.7 Å². The third kappa shape index (κ3) is 2.10. The van der Waals surface area contributed by atoms with Crippen LogP contribution >= 0.6 is 0 Å². The molecule has 2 unspecified atom stereocenters. The van der Waals surface area contributed by atoms with Gasteiger partial charge in [-0.1, -0.05) is 34.1 Å². The van der Waals surface area contributed by atoms with Gasteiger partial charge in [0.1, 0.15) is 0 Å². The van der Waals surface area contributed by atoms with Gasteiger partial charge in [0.05, 0.1) is 5.92 Å². The van der Waals surface area contributed by atoms with Crippen molar-refractivity contribution in [1.82, 2.24) is 0 Å². The molecule has 0 spiro atoms. The zero-order valence-corrected chi connectivity index (χ0v) is 9.71. The Morgan fingerprint density at radius 3 is 2.43 bits per heavy atom. The summed E-state index contributed by atoms with van der Waals surface area (Å²) in [5.74, 6) is 0.621. The number of carboxylic acids is 1. The normalized spacial score (nSPS) is 30.1. The average Bonchev–Trinajstić information content (AvgIpc) is 2.00. The zero-order valence-electron chi connectivity index (χ0n) is 9.71. The van der Waals surface area contributed by atoms with Crippen LogP contribution in [-0.2, 0) is 4.79 Å². The molecule has 0 aliphatic heterocycles. The standard InChI is InChI=1S/C12H22O2/c1-8(2)5-6-9-7-10(11(13)14)12(9,3)4/h8-10H,5-7H2,1-4H3,(H,13,14). The molecule has 2 atom stereocenters. The number of carbonyl (C=O) groups is 1. The molecule has 0 aromatic rings. The molecule has 0 amide bonds. The predicted molar refractivity (Wildman–Crippen MR) is 57.1 cm³/mol. The first kappa shape index (κ1) is 11.5. The third-order valence-electron chi connectivity index (χ3n) is 3.86. The van der Waals surface area contributed by atoms with E-state index in [-0.39, 0.29) is 11.3 Å². The Morgan fingerprint density at radius 2 is 2.07 bits per heavy atom. The topological polar surface area (TPSA) is 37.3 Å². The highest BCUT2D eigenvalue weighted by atomic mass is 16.4. The largest absolute Gasteiger partial charge is 0.481 e. The van der Waals surface area contributed by atoms with Crippen LogP contribution < -0.4 is 0 Å². The van der Waals surface area contributed by atoms with Gasteiger partial charge in [0.15, 0.2) is 0 Å². The fourth-order valence-corrected chi connectivity index (χ4v) is 2.46. The number of rotatable bonds is 4. The van der Waals surface area contributed by atoms with Crippen LogP contribution in [0.4, 0.5) is 0 Å². The number of carboxylic acid groups (broad SMARTS) is 1. The van der Waals surface area contributed by atoms with Crippen LogP contribution in [0.25, 0.3) is 0 Å². The first-order valence-electron chi connectivity index (χ1n) is 5.58. The minimum atomic E-state index is -0.615. The lowest BCUT2D eigenvalue weighted by molar-refractivity contribution is -0.159. The lowest BCUT2D eigenvalue weighted by atomic mass is 9.53. The maximum atomic E-state index is 10.9. The second-order valence-electron chi connectivity index (χ2n) is 5.62. The molecule has 1 rings (SSSR count). The number of hydrogen-bond acceptors (Lipinski definition) is 1. The van der Waals surface area contributed by atoms with Crippen molar-refractivity contribution in [3.8, 4) is 0 Å². The fraction of sp³-hybridized carbons (Fsp3) is 0.917. The molecule has 2 nitrogen and oxygen atoms in total. The molecular weight excluding hydrogens is 176 g/mol. The summed E-state index contributed by atoms with van der Waals surface area (Å²) in [5.41, 5.74) is 0.0146. The second kappa shape index (κ2) is 3.92. The summed E-state index contributed by atoms with van der Waals surface area (Å²) in [6, 6.07) is 0. The smallest absolute Gasteiger partial charge is 0.307 e. The predicted octanol–water partition coefficient (Wildman–Crippen LogP) is 3.17. The van der Waals surface area contributed by atoms with Crippen molar-refractivity contribution < 1.29 is 9.90 Å². The number of aliphatic carboxylic acids is 1. The summed E-state index contributed by atoms with van der Waals surface area (Å²) in [5, 5.41) is 8.96. The number of hydrogen-bond donors (Lipinski definition) is 1. The molecule has 1 fully saturated rings. The summed E-state index contributed by atoms with van der Waals surface area (Å²) < 4.78 is 0. The van der Waals surface area contributed by atoms with Crippen molar-refractivity contribution in [3.63, 3.8) is 0 Å². The van der Waals surface area contributed by atoms with Gasteiger partial charge in [-0.05, 0) is 30.1 Å². The lowest BCUT2D eigenvalue weighted by Crippen LogP contribution is -2.48. The van der Waals surface area contributed by atoms with Gasteiger partial charge in [0, 0.05) is 0 Å². The summed E-state index contributed by atoms with van der Waals surface area (Å²) in [6.45, 7) is 8.64. The lowest BCUT2D eigenvalue weighted by Gasteiger charge is -2.50. The van der Waals surface area contributed by atoms with E-state index in [9.17, 15) is 4.79 Å². The van der Waals surface area contributed by atoms with E-state index in [4.69, 9.17) is 5.11 Å². The van der Waals surface area contributed by atoms with Crippen LogP contribution in [0, 0.1) is 23.2 Å². The van der Waals surface area contributed by atoms with Gasteiger partial charge in [0.2, 0.25) is 0 Å².